The molecule has 0 aromatic carbocycles. The lowest BCUT2D eigenvalue weighted by Gasteiger charge is -2.34. The first kappa shape index (κ1) is 32.1. The second-order valence-electron chi connectivity index (χ2n) is 7.67. The van der Waals surface area contributed by atoms with E-state index in [0.717, 1.165) is 9.80 Å². The second kappa shape index (κ2) is 17.5. The SMILES string of the molecule is O=C(O)CN(CCN(CC(=O)O)CC(CCOCC(O)CO)N(CC(=O)O)CC(=O)O)CC(=O)O. The van der Waals surface area contributed by atoms with Gasteiger partial charge in [-0.25, -0.2) is 0 Å². The van der Waals surface area contributed by atoms with Crippen LogP contribution in [0.4, 0.5) is 0 Å². The van der Waals surface area contributed by atoms with E-state index in [2.05, 4.69) is 0 Å². The van der Waals surface area contributed by atoms with Gasteiger partial charge in [-0.1, -0.05) is 0 Å². The van der Waals surface area contributed by atoms with Crippen molar-refractivity contribution in [3.8, 4) is 0 Å². The molecule has 0 aliphatic rings. The molecule has 202 valence electrons. The normalized spacial score (nSPS) is 13.2. The molecule has 0 heterocycles. The maximum absolute atomic E-state index is 11.4. The summed E-state index contributed by atoms with van der Waals surface area (Å²) in [6.45, 7) is -4.43. The summed E-state index contributed by atoms with van der Waals surface area (Å²) < 4.78 is 5.22. The number of hydrogen-bond acceptors (Lipinski definition) is 11. The van der Waals surface area contributed by atoms with Crippen LogP contribution in [0.2, 0.25) is 0 Å². The van der Waals surface area contributed by atoms with Gasteiger partial charge in [-0.2, -0.15) is 0 Å². The van der Waals surface area contributed by atoms with Crippen molar-refractivity contribution in [1.82, 2.24) is 14.7 Å². The van der Waals surface area contributed by atoms with Crippen molar-refractivity contribution in [3.63, 3.8) is 0 Å². The first-order chi connectivity index (χ1) is 16.3. The van der Waals surface area contributed by atoms with Crippen molar-refractivity contribution in [2.75, 3.05) is 72.2 Å². The Kier molecular flexibility index (Phi) is 16.1. The summed E-state index contributed by atoms with van der Waals surface area (Å²) in [6, 6.07) is -0.847. The van der Waals surface area contributed by atoms with E-state index < -0.39 is 81.3 Å². The summed E-state index contributed by atoms with van der Waals surface area (Å²) in [5.74, 6) is -6.49. The molecule has 0 saturated heterocycles. The average Bonchev–Trinajstić information content (AvgIpc) is 2.71. The molecule has 0 aliphatic heterocycles. The second-order valence-corrected chi connectivity index (χ2v) is 7.67. The molecule has 0 saturated carbocycles. The van der Waals surface area contributed by atoms with Crippen LogP contribution in [-0.2, 0) is 28.7 Å². The number of nitrogens with zero attached hydrogens (tertiary/aromatic N) is 3. The maximum Gasteiger partial charge on any atom is 0.317 e. The van der Waals surface area contributed by atoms with Gasteiger partial charge in [0.15, 0.2) is 0 Å². The molecule has 2 atom stereocenters. The van der Waals surface area contributed by atoms with Crippen molar-refractivity contribution in [3.05, 3.63) is 0 Å². The van der Waals surface area contributed by atoms with Crippen LogP contribution in [0.1, 0.15) is 6.42 Å². The molecule has 0 spiro atoms. The van der Waals surface area contributed by atoms with Crippen LogP contribution in [0.25, 0.3) is 0 Å². The lowest BCUT2D eigenvalue weighted by atomic mass is 10.1. The fourth-order valence-electron chi connectivity index (χ4n) is 3.15. The molecule has 0 rings (SSSR count). The predicted octanol–water partition coefficient (Wildman–Crippen LogP) is -3.56. The minimum Gasteiger partial charge on any atom is -0.480 e. The highest BCUT2D eigenvalue weighted by atomic mass is 16.5. The minimum absolute atomic E-state index is 0.0305. The van der Waals surface area contributed by atoms with E-state index in [1.165, 1.54) is 4.90 Å². The fourth-order valence-corrected chi connectivity index (χ4v) is 3.15. The molecular weight excluding hydrogens is 478 g/mol. The van der Waals surface area contributed by atoms with Gasteiger partial charge < -0.3 is 40.5 Å². The Morgan fingerprint density at radius 1 is 0.686 bits per heavy atom. The monoisotopic (exact) mass is 511 g/mol. The highest BCUT2D eigenvalue weighted by molar-refractivity contribution is 5.73. The van der Waals surface area contributed by atoms with Crippen LogP contribution in [0.5, 0.6) is 0 Å². The number of rotatable bonds is 22. The number of ether oxygens (including phenoxy) is 1. The van der Waals surface area contributed by atoms with E-state index in [0.29, 0.717) is 0 Å². The minimum atomic E-state index is -1.33. The zero-order valence-corrected chi connectivity index (χ0v) is 19.1. The van der Waals surface area contributed by atoms with Gasteiger partial charge in [0.1, 0.15) is 6.10 Å². The molecular formula is C19H33N3O13. The topological polar surface area (TPSA) is 246 Å². The van der Waals surface area contributed by atoms with Gasteiger partial charge in [-0.05, 0) is 6.42 Å². The number of carboxylic acids is 5. The fraction of sp³-hybridized carbons (Fsp3) is 0.737. The summed E-state index contributed by atoms with van der Waals surface area (Å²) in [7, 11) is 0. The van der Waals surface area contributed by atoms with E-state index in [9.17, 15) is 44.4 Å². The molecule has 0 amide bonds. The highest BCUT2D eigenvalue weighted by Gasteiger charge is 2.27. The summed E-state index contributed by atoms with van der Waals surface area (Å²) in [5, 5.41) is 63.8. The van der Waals surface area contributed by atoms with E-state index in [1.54, 1.807) is 0 Å². The Hall–Kier alpha value is -2.89. The standard InChI is InChI=1S/C19H33N3O13/c23-11-14(24)12-35-4-1-13(22(9-18(31)32)10-19(33)34)5-20(6-15(25)26)2-3-21(7-16(27)28)8-17(29)30/h13-14,23-24H,1-12H2,(H,25,26)(H,27,28)(H,29,30)(H,31,32)(H,33,34). The number of aliphatic hydroxyl groups is 2. The highest BCUT2D eigenvalue weighted by Crippen LogP contribution is 2.09. The first-order valence-corrected chi connectivity index (χ1v) is 10.5. The summed E-state index contributed by atoms with van der Waals surface area (Å²) >= 11 is 0. The van der Waals surface area contributed by atoms with Gasteiger partial charge in [0.05, 0.1) is 45.9 Å². The van der Waals surface area contributed by atoms with Gasteiger partial charge in [-0.15, -0.1) is 0 Å². The molecule has 2 unspecified atom stereocenters. The number of aliphatic hydroxyl groups excluding tert-OH is 2. The van der Waals surface area contributed by atoms with Crippen LogP contribution in [0.3, 0.4) is 0 Å². The molecule has 16 nitrogen and oxygen atoms in total. The zero-order chi connectivity index (χ0) is 27.0. The van der Waals surface area contributed by atoms with E-state index in [1.807, 2.05) is 0 Å². The van der Waals surface area contributed by atoms with Crippen molar-refractivity contribution < 1.29 is 64.5 Å². The maximum atomic E-state index is 11.4. The lowest BCUT2D eigenvalue weighted by Crippen LogP contribution is -2.51. The smallest absolute Gasteiger partial charge is 0.317 e. The molecule has 0 aromatic heterocycles. The molecule has 35 heavy (non-hydrogen) atoms. The third-order valence-corrected chi connectivity index (χ3v) is 4.59. The molecule has 0 aromatic rings. The molecule has 0 fully saturated rings. The van der Waals surface area contributed by atoms with Crippen LogP contribution < -0.4 is 0 Å². The zero-order valence-electron chi connectivity index (χ0n) is 19.1. The van der Waals surface area contributed by atoms with Gasteiger partial charge in [-0.3, -0.25) is 38.7 Å². The van der Waals surface area contributed by atoms with Gasteiger partial charge in [0, 0.05) is 32.3 Å². The molecule has 0 aliphatic carbocycles. The quantitative estimate of drug-likeness (QED) is 0.0695. The summed E-state index contributed by atoms with van der Waals surface area (Å²) in [6.07, 6.45) is -1.12. The van der Waals surface area contributed by atoms with E-state index in [4.69, 9.17) is 20.1 Å². The Labute approximate surface area is 200 Å². The largest absolute Gasteiger partial charge is 0.480 e. The number of aliphatic carboxylic acids is 5. The van der Waals surface area contributed by atoms with Crippen LogP contribution in [-0.4, -0.2) is 165 Å². The van der Waals surface area contributed by atoms with Crippen molar-refractivity contribution in [2.24, 2.45) is 0 Å². The average molecular weight is 511 g/mol. The molecule has 0 bridgehead atoms. The summed E-state index contributed by atoms with van der Waals surface area (Å²) in [5.41, 5.74) is 0. The lowest BCUT2D eigenvalue weighted by molar-refractivity contribution is -0.144. The van der Waals surface area contributed by atoms with Crippen molar-refractivity contribution in [1.29, 1.82) is 0 Å². The summed E-state index contributed by atoms with van der Waals surface area (Å²) in [4.78, 5) is 59.4. The van der Waals surface area contributed by atoms with Crippen molar-refractivity contribution >= 4 is 29.8 Å². The third kappa shape index (κ3) is 17.2. The van der Waals surface area contributed by atoms with Crippen LogP contribution in [0.15, 0.2) is 0 Å². The van der Waals surface area contributed by atoms with Crippen LogP contribution >= 0.6 is 0 Å². The number of carbonyl (C=O) groups is 5. The number of carboxylic acid groups (broad SMARTS) is 5. The van der Waals surface area contributed by atoms with Gasteiger partial charge >= 0.3 is 29.8 Å². The Morgan fingerprint density at radius 3 is 1.54 bits per heavy atom. The first-order valence-electron chi connectivity index (χ1n) is 10.5. The van der Waals surface area contributed by atoms with E-state index >= 15 is 0 Å². The van der Waals surface area contributed by atoms with Crippen LogP contribution in [0, 0.1) is 0 Å². The predicted molar refractivity (Wildman–Crippen MR) is 115 cm³/mol. The Balaban J connectivity index is 5.58. The molecule has 16 heteroatoms. The Bertz CT molecular complexity index is 673. The van der Waals surface area contributed by atoms with Crippen molar-refractivity contribution in [2.45, 2.75) is 18.6 Å². The molecule has 7 N–H and O–H groups in total. The molecule has 0 radical (unpaired) electrons. The van der Waals surface area contributed by atoms with E-state index in [-0.39, 0.29) is 39.3 Å². The third-order valence-electron chi connectivity index (χ3n) is 4.59. The van der Waals surface area contributed by atoms with Gasteiger partial charge in [0.2, 0.25) is 0 Å². The van der Waals surface area contributed by atoms with Gasteiger partial charge in [0.25, 0.3) is 0 Å². The Morgan fingerprint density at radius 2 is 1.11 bits per heavy atom. The number of hydrogen-bond donors (Lipinski definition) is 7.